The summed E-state index contributed by atoms with van der Waals surface area (Å²) in [5.74, 6) is 1.20. The first-order valence-electron chi connectivity index (χ1n) is 6.42. The fourth-order valence-corrected chi connectivity index (χ4v) is 3.15. The molecule has 2 aromatic rings. The Kier molecular flexibility index (Phi) is 3.24. The topological polar surface area (TPSA) is 55.2 Å². The van der Waals surface area contributed by atoms with Crippen molar-refractivity contribution >= 4 is 11.5 Å². The van der Waals surface area contributed by atoms with Crippen molar-refractivity contribution in [3.63, 3.8) is 0 Å². The first-order chi connectivity index (χ1) is 9.16. The summed E-state index contributed by atoms with van der Waals surface area (Å²) in [6.45, 7) is 4.85. The van der Waals surface area contributed by atoms with Crippen LogP contribution in [0.15, 0.2) is 18.2 Å². The second-order valence-corrected chi connectivity index (χ2v) is 5.83. The van der Waals surface area contributed by atoms with Crippen LogP contribution in [0.2, 0.25) is 0 Å². The van der Waals surface area contributed by atoms with Crippen molar-refractivity contribution < 1.29 is 9.84 Å². The highest BCUT2D eigenvalue weighted by Gasteiger charge is 2.22. The third kappa shape index (κ3) is 2.24. The lowest BCUT2D eigenvalue weighted by Gasteiger charge is -2.12. The van der Waals surface area contributed by atoms with E-state index in [2.05, 4.69) is 23.4 Å². The van der Waals surface area contributed by atoms with Gasteiger partial charge in [-0.15, -0.1) is 5.10 Å². The SMILES string of the molecule is CC(C)c1nnsc1C(O)c1ccc2c(c1)CCO2. The van der Waals surface area contributed by atoms with E-state index in [1.54, 1.807) is 0 Å². The van der Waals surface area contributed by atoms with Gasteiger partial charge in [0, 0.05) is 6.42 Å². The zero-order valence-corrected chi connectivity index (χ0v) is 11.8. The van der Waals surface area contributed by atoms with E-state index in [0.717, 1.165) is 34.9 Å². The molecule has 0 amide bonds. The Bertz CT molecular complexity index is 595. The lowest BCUT2D eigenvalue weighted by molar-refractivity contribution is 0.222. The van der Waals surface area contributed by atoms with Crippen LogP contribution in [0.5, 0.6) is 5.75 Å². The zero-order valence-electron chi connectivity index (χ0n) is 11.0. The predicted molar refractivity (Wildman–Crippen MR) is 73.7 cm³/mol. The second kappa shape index (κ2) is 4.90. The molecule has 1 unspecified atom stereocenters. The minimum absolute atomic E-state index is 0.265. The Balaban J connectivity index is 1.95. The molecule has 1 aromatic carbocycles. The molecule has 0 bridgehead atoms. The number of ether oxygens (including phenoxy) is 1. The lowest BCUT2D eigenvalue weighted by Crippen LogP contribution is -2.03. The van der Waals surface area contributed by atoms with Crippen molar-refractivity contribution in [1.82, 2.24) is 9.59 Å². The van der Waals surface area contributed by atoms with Crippen molar-refractivity contribution in [1.29, 1.82) is 0 Å². The van der Waals surface area contributed by atoms with E-state index in [-0.39, 0.29) is 5.92 Å². The standard InChI is InChI=1S/C14H16N2O2S/c1-8(2)12-14(19-16-15-12)13(17)10-3-4-11-9(7-10)5-6-18-11/h3-4,7-8,13,17H,5-6H2,1-2H3. The van der Waals surface area contributed by atoms with Gasteiger partial charge in [-0.05, 0) is 40.7 Å². The summed E-state index contributed by atoms with van der Waals surface area (Å²) < 4.78 is 9.45. The third-order valence-corrected chi connectivity index (χ3v) is 4.16. The van der Waals surface area contributed by atoms with Gasteiger partial charge in [-0.2, -0.15) is 0 Å². The molecule has 0 radical (unpaired) electrons. The number of hydrogen-bond donors (Lipinski definition) is 1. The number of rotatable bonds is 3. The molecule has 3 rings (SSSR count). The fourth-order valence-electron chi connectivity index (χ4n) is 2.32. The highest BCUT2D eigenvalue weighted by atomic mass is 32.1. The average Bonchev–Trinajstić information content (AvgIpc) is 3.05. The Hall–Kier alpha value is -1.46. The van der Waals surface area contributed by atoms with E-state index in [1.807, 2.05) is 18.2 Å². The third-order valence-electron chi connectivity index (χ3n) is 3.36. The molecule has 2 heterocycles. The number of nitrogens with zero attached hydrogens (tertiary/aromatic N) is 2. The molecule has 1 aromatic heterocycles. The van der Waals surface area contributed by atoms with Crippen LogP contribution >= 0.6 is 11.5 Å². The van der Waals surface area contributed by atoms with Crippen LogP contribution in [0.1, 0.15) is 47.6 Å². The van der Waals surface area contributed by atoms with E-state index in [0.29, 0.717) is 0 Å². The molecule has 0 saturated heterocycles. The van der Waals surface area contributed by atoms with Gasteiger partial charge in [0.05, 0.1) is 17.2 Å². The monoisotopic (exact) mass is 276 g/mol. The van der Waals surface area contributed by atoms with Crippen LogP contribution in [0, 0.1) is 0 Å². The van der Waals surface area contributed by atoms with Crippen molar-refractivity contribution in [2.45, 2.75) is 32.3 Å². The average molecular weight is 276 g/mol. The van der Waals surface area contributed by atoms with E-state index in [9.17, 15) is 5.11 Å². The van der Waals surface area contributed by atoms with Crippen molar-refractivity contribution in [3.8, 4) is 5.75 Å². The minimum Gasteiger partial charge on any atom is -0.493 e. The van der Waals surface area contributed by atoms with Crippen LogP contribution < -0.4 is 4.74 Å². The zero-order chi connectivity index (χ0) is 13.4. The van der Waals surface area contributed by atoms with Gasteiger partial charge in [0.1, 0.15) is 11.9 Å². The Labute approximate surface area is 116 Å². The quantitative estimate of drug-likeness (QED) is 0.936. The van der Waals surface area contributed by atoms with Crippen LogP contribution in [0.4, 0.5) is 0 Å². The summed E-state index contributed by atoms with van der Waals surface area (Å²) in [4.78, 5) is 0.842. The molecular formula is C14H16N2O2S. The van der Waals surface area contributed by atoms with Gasteiger partial charge in [-0.25, -0.2) is 0 Å². The van der Waals surface area contributed by atoms with Crippen molar-refractivity contribution in [3.05, 3.63) is 39.9 Å². The normalized spacial score (nSPS) is 15.4. The first-order valence-corrected chi connectivity index (χ1v) is 7.20. The van der Waals surface area contributed by atoms with E-state index >= 15 is 0 Å². The summed E-state index contributed by atoms with van der Waals surface area (Å²) in [6.07, 6.45) is 0.261. The van der Waals surface area contributed by atoms with Crippen LogP contribution in [0.3, 0.4) is 0 Å². The van der Waals surface area contributed by atoms with Gasteiger partial charge < -0.3 is 9.84 Å². The van der Waals surface area contributed by atoms with Crippen molar-refractivity contribution in [2.24, 2.45) is 0 Å². The van der Waals surface area contributed by atoms with Crippen molar-refractivity contribution in [2.75, 3.05) is 6.61 Å². The molecule has 0 fully saturated rings. The van der Waals surface area contributed by atoms with E-state index in [4.69, 9.17) is 4.74 Å². The molecule has 0 saturated carbocycles. The molecule has 100 valence electrons. The Morgan fingerprint density at radius 2 is 2.21 bits per heavy atom. The maximum absolute atomic E-state index is 10.5. The molecule has 1 N–H and O–H groups in total. The summed E-state index contributed by atoms with van der Waals surface area (Å²) >= 11 is 1.27. The Morgan fingerprint density at radius 1 is 1.37 bits per heavy atom. The van der Waals surface area contributed by atoms with Gasteiger partial charge in [0.2, 0.25) is 0 Å². The lowest BCUT2D eigenvalue weighted by atomic mass is 10.00. The van der Waals surface area contributed by atoms with Gasteiger partial charge in [-0.3, -0.25) is 0 Å². The molecule has 4 nitrogen and oxygen atoms in total. The smallest absolute Gasteiger partial charge is 0.122 e. The van der Waals surface area contributed by atoms with Crippen LogP contribution in [0.25, 0.3) is 0 Å². The molecule has 19 heavy (non-hydrogen) atoms. The van der Waals surface area contributed by atoms with Gasteiger partial charge in [-0.1, -0.05) is 24.4 Å². The van der Waals surface area contributed by atoms with E-state index < -0.39 is 6.10 Å². The number of aromatic nitrogens is 2. The first kappa shape index (κ1) is 12.6. The highest BCUT2D eigenvalue weighted by molar-refractivity contribution is 7.05. The summed E-state index contributed by atoms with van der Waals surface area (Å²) in [6, 6.07) is 5.87. The van der Waals surface area contributed by atoms with Gasteiger partial charge in [0.25, 0.3) is 0 Å². The molecule has 0 aliphatic carbocycles. The summed E-state index contributed by atoms with van der Waals surface area (Å²) in [7, 11) is 0. The summed E-state index contributed by atoms with van der Waals surface area (Å²) in [5, 5.41) is 14.6. The van der Waals surface area contributed by atoms with Gasteiger partial charge >= 0.3 is 0 Å². The number of hydrogen-bond acceptors (Lipinski definition) is 5. The second-order valence-electron chi connectivity index (χ2n) is 5.05. The molecule has 1 aliphatic heterocycles. The molecule has 1 aliphatic rings. The molecule has 5 heteroatoms. The number of fused-ring (bicyclic) bond motifs is 1. The van der Waals surface area contributed by atoms with Gasteiger partial charge in [0.15, 0.2) is 0 Å². The highest BCUT2D eigenvalue weighted by Crippen LogP contribution is 2.34. The number of benzene rings is 1. The maximum atomic E-state index is 10.5. The van der Waals surface area contributed by atoms with Crippen LogP contribution in [-0.4, -0.2) is 21.3 Å². The fraction of sp³-hybridized carbons (Fsp3) is 0.429. The molecular weight excluding hydrogens is 260 g/mol. The molecule has 0 spiro atoms. The summed E-state index contributed by atoms with van der Waals surface area (Å²) in [5.41, 5.74) is 2.94. The minimum atomic E-state index is -0.650. The van der Waals surface area contributed by atoms with E-state index in [1.165, 1.54) is 17.1 Å². The van der Waals surface area contributed by atoms with Crippen LogP contribution in [-0.2, 0) is 6.42 Å². The largest absolute Gasteiger partial charge is 0.493 e. The number of aliphatic hydroxyl groups excluding tert-OH is 1. The maximum Gasteiger partial charge on any atom is 0.122 e. The Morgan fingerprint density at radius 3 is 3.00 bits per heavy atom. The predicted octanol–water partition coefficient (Wildman–Crippen LogP) is 2.68. The molecule has 1 atom stereocenters. The number of aliphatic hydroxyl groups is 1.